The second kappa shape index (κ2) is 3.06. The third-order valence-corrected chi connectivity index (χ3v) is 1.94. The van der Waals surface area contributed by atoms with Gasteiger partial charge < -0.3 is 5.11 Å². The second-order valence-corrected chi connectivity index (χ2v) is 2.94. The van der Waals surface area contributed by atoms with Crippen LogP contribution in [0.25, 0.3) is 0 Å². The summed E-state index contributed by atoms with van der Waals surface area (Å²) >= 11 is 5.65. The molecule has 1 aliphatic carbocycles. The standard InChI is InChI=1S/C7H9ClO2/c8-6-3-1-2-5(4-6)7(9)10/h4-5H,1-3H2,(H,9,10). The summed E-state index contributed by atoms with van der Waals surface area (Å²) in [7, 11) is 0. The molecule has 1 rings (SSSR count). The van der Waals surface area contributed by atoms with E-state index >= 15 is 0 Å². The van der Waals surface area contributed by atoms with Gasteiger partial charge in [-0.15, -0.1) is 0 Å². The van der Waals surface area contributed by atoms with E-state index in [-0.39, 0.29) is 5.92 Å². The summed E-state index contributed by atoms with van der Waals surface area (Å²) < 4.78 is 0. The normalized spacial score (nSPS) is 25.7. The van der Waals surface area contributed by atoms with Gasteiger partial charge in [0.25, 0.3) is 0 Å². The average Bonchev–Trinajstić information content (AvgIpc) is 1.88. The van der Waals surface area contributed by atoms with Gasteiger partial charge >= 0.3 is 5.97 Å². The lowest BCUT2D eigenvalue weighted by Crippen LogP contribution is -2.13. The monoisotopic (exact) mass is 160 g/mol. The number of allylic oxidation sites excluding steroid dienone is 1. The van der Waals surface area contributed by atoms with Crippen LogP contribution >= 0.6 is 11.6 Å². The van der Waals surface area contributed by atoms with Crippen LogP contribution in [0.15, 0.2) is 11.1 Å². The van der Waals surface area contributed by atoms with Crippen LogP contribution in [0.2, 0.25) is 0 Å². The number of hydrogen-bond acceptors (Lipinski definition) is 1. The molecular weight excluding hydrogens is 152 g/mol. The van der Waals surface area contributed by atoms with Gasteiger partial charge in [0.2, 0.25) is 0 Å². The first-order chi connectivity index (χ1) is 4.70. The maximum atomic E-state index is 10.4. The Hall–Kier alpha value is -0.500. The third kappa shape index (κ3) is 1.74. The van der Waals surface area contributed by atoms with Crippen LogP contribution in [-0.4, -0.2) is 11.1 Å². The molecule has 1 atom stereocenters. The molecule has 0 bridgehead atoms. The fourth-order valence-corrected chi connectivity index (χ4v) is 1.36. The van der Waals surface area contributed by atoms with Crippen LogP contribution in [0.3, 0.4) is 0 Å². The largest absolute Gasteiger partial charge is 0.481 e. The van der Waals surface area contributed by atoms with Crippen molar-refractivity contribution in [3.63, 3.8) is 0 Å². The number of carbonyl (C=O) groups is 1. The third-order valence-electron chi connectivity index (χ3n) is 1.63. The van der Waals surface area contributed by atoms with Crippen molar-refractivity contribution in [1.29, 1.82) is 0 Å². The highest BCUT2D eigenvalue weighted by atomic mass is 35.5. The molecule has 0 aromatic carbocycles. The minimum Gasteiger partial charge on any atom is -0.481 e. The zero-order valence-electron chi connectivity index (χ0n) is 5.51. The Kier molecular flexibility index (Phi) is 2.33. The Morgan fingerprint density at radius 2 is 2.50 bits per heavy atom. The molecular formula is C7H9ClO2. The van der Waals surface area contributed by atoms with Gasteiger partial charge in [0.15, 0.2) is 0 Å². The van der Waals surface area contributed by atoms with E-state index in [0.29, 0.717) is 5.03 Å². The molecule has 0 aromatic heterocycles. The molecule has 0 amide bonds. The van der Waals surface area contributed by atoms with Crippen molar-refractivity contribution in [2.45, 2.75) is 19.3 Å². The average molecular weight is 161 g/mol. The van der Waals surface area contributed by atoms with Gasteiger partial charge in [0.05, 0.1) is 5.92 Å². The minimum absolute atomic E-state index is 0.346. The van der Waals surface area contributed by atoms with Gasteiger partial charge in [-0.05, 0) is 19.3 Å². The number of carboxylic acid groups (broad SMARTS) is 1. The first-order valence-electron chi connectivity index (χ1n) is 3.29. The predicted octanol–water partition coefficient (Wildman–Crippen LogP) is 1.99. The fourth-order valence-electron chi connectivity index (χ4n) is 1.07. The highest BCUT2D eigenvalue weighted by molar-refractivity contribution is 6.29. The topological polar surface area (TPSA) is 37.3 Å². The van der Waals surface area contributed by atoms with Crippen molar-refractivity contribution in [2.75, 3.05) is 0 Å². The van der Waals surface area contributed by atoms with Gasteiger partial charge in [0.1, 0.15) is 0 Å². The quantitative estimate of drug-likeness (QED) is 0.637. The highest BCUT2D eigenvalue weighted by Gasteiger charge is 2.18. The van der Waals surface area contributed by atoms with Crippen molar-refractivity contribution in [1.82, 2.24) is 0 Å². The van der Waals surface area contributed by atoms with E-state index in [2.05, 4.69) is 0 Å². The maximum Gasteiger partial charge on any atom is 0.310 e. The molecule has 0 radical (unpaired) electrons. The molecule has 1 unspecified atom stereocenters. The van der Waals surface area contributed by atoms with Crippen molar-refractivity contribution in [3.05, 3.63) is 11.1 Å². The number of hydrogen-bond donors (Lipinski definition) is 1. The van der Waals surface area contributed by atoms with Crippen molar-refractivity contribution in [2.24, 2.45) is 5.92 Å². The molecule has 1 aliphatic rings. The van der Waals surface area contributed by atoms with E-state index in [4.69, 9.17) is 16.7 Å². The molecule has 1 N–H and O–H groups in total. The van der Waals surface area contributed by atoms with Gasteiger partial charge in [-0.25, -0.2) is 0 Å². The molecule has 0 saturated heterocycles. The van der Waals surface area contributed by atoms with E-state index in [0.717, 1.165) is 19.3 Å². The van der Waals surface area contributed by atoms with Gasteiger partial charge in [-0.2, -0.15) is 0 Å². The number of rotatable bonds is 1. The summed E-state index contributed by atoms with van der Waals surface area (Å²) in [5, 5.41) is 9.25. The number of halogens is 1. The zero-order valence-corrected chi connectivity index (χ0v) is 6.27. The smallest absolute Gasteiger partial charge is 0.310 e. The maximum absolute atomic E-state index is 10.4. The van der Waals surface area contributed by atoms with Crippen molar-refractivity contribution >= 4 is 17.6 Å². The molecule has 0 spiro atoms. The summed E-state index contributed by atoms with van der Waals surface area (Å²) in [6.07, 6.45) is 4.09. The van der Waals surface area contributed by atoms with Gasteiger partial charge in [0, 0.05) is 5.03 Å². The van der Waals surface area contributed by atoms with E-state index in [1.165, 1.54) is 0 Å². The summed E-state index contributed by atoms with van der Waals surface area (Å²) in [5.41, 5.74) is 0. The van der Waals surface area contributed by atoms with Crippen molar-refractivity contribution in [3.8, 4) is 0 Å². The molecule has 56 valence electrons. The summed E-state index contributed by atoms with van der Waals surface area (Å²) in [6.45, 7) is 0. The second-order valence-electron chi connectivity index (χ2n) is 2.45. The Morgan fingerprint density at radius 1 is 1.80 bits per heavy atom. The Morgan fingerprint density at radius 3 is 2.90 bits per heavy atom. The molecule has 0 fully saturated rings. The molecule has 2 nitrogen and oxygen atoms in total. The lowest BCUT2D eigenvalue weighted by molar-refractivity contribution is -0.140. The van der Waals surface area contributed by atoms with Crippen LogP contribution in [0.1, 0.15) is 19.3 Å². The van der Waals surface area contributed by atoms with E-state index in [9.17, 15) is 4.79 Å². The number of carboxylic acids is 1. The van der Waals surface area contributed by atoms with Crippen LogP contribution in [-0.2, 0) is 4.79 Å². The van der Waals surface area contributed by atoms with E-state index in [1.54, 1.807) is 6.08 Å². The SMILES string of the molecule is O=C(O)C1C=C(Cl)CCC1. The first-order valence-corrected chi connectivity index (χ1v) is 3.67. The highest BCUT2D eigenvalue weighted by Crippen LogP contribution is 2.24. The fraction of sp³-hybridized carbons (Fsp3) is 0.571. The van der Waals surface area contributed by atoms with Crippen LogP contribution in [0, 0.1) is 5.92 Å². The predicted molar refractivity (Wildman–Crippen MR) is 38.9 cm³/mol. The van der Waals surface area contributed by atoms with E-state index < -0.39 is 5.97 Å². The Labute approximate surface area is 64.5 Å². The molecule has 0 saturated carbocycles. The lowest BCUT2D eigenvalue weighted by atomic mass is 9.96. The van der Waals surface area contributed by atoms with Gasteiger partial charge in [-0.1, -0.05) is 17.7 Å². The summed E-state index contributed by atoms with van der Waals surface area (Å²) in [6, 6.07) is 0. The van der Waals surface area contributed by atoms with Gasteiger partial charge in [-0.3, -0.25) is 4.79 Å². The minimum atomic E-state index is -0.766. The van der Waals surface area contributed by atoms with E-state index in [1.807, 2.05) is 0 Å². The number of aliphatic carboxylic acids is 1. The molecule has 0 aromatic rings. The Bertz CT molecular complexity index is 174. The summed E-state index contributed by atoms with van der Waals surface area (Å²) in [5.74, 6) is -1.11. The first kappa shape index (κ1) is 7.61. The summed E-state index contributed by atoms with van der Waals surface area (Å²) in [4.78, 5) is 10.4. The van der Waals surface area contributed by atoms with Crippen LogP contribution in [0.4, 0.5) is 0 Å². The lowest BCUT2D eigenvalue weighted by Gasteiger charge is -2.13. The Balaban J connectivity index is 2.62. The van der Waals surface area contributed by atoms with Crippen LogP contribution < -0.4 is 0 Å². The molecule has 10 heavy (non-hydrogen) atoms. The zero-order chi connectivity index (χ0) is 7.56. The molecule has 0 heterocycles. The van der Waals surface area contributed by atoms with Crippen molar-refractivity contribution < 1.29 is 9.90 Å². The molecule has 3 heteroatoms. The molecule has 0 aliphatic heterocycles. The van der Waals surface area contributed by atoms with Crippen LogP contribution in [0.5, 0.6) is 0 Å².